The van der Waals surface area contributed by atoms with Crippen molar-refractivity contribution >= 4 is 0 Å². The third-order valence-electron chi connectivity index (χ3n) is 1.39. The molecule has 0 heterocycles. The lowest BCUT2D eigenvalue weighted by Gasteiger charge is -2.06. The molecule has 0 radical (unpaired) electrons. The summed E-state index contributed by atoms with van der Waals surface area (Å²) in [4.78, 5) is 0. The molecule has 0 aliphatic heterocycles. The second-order valence-electron chi connectivity index (χ2n) is 3.63. The molecule has 0 aromatic carbocycles. The van der Waals surface area contributed by atoms with Crippen molar-refractivity contribution in [3.63, 3.8) is 0 Å². The van der Waals surface area contributed by atoms with Gasteiger partial charge in [0, 0.05) is 0 Å². The van der Waals surface area contributed by atoms with Gasteiger partial charge in [0.25, 0.3) is 0 Å². The maximum atomic E-state index is 8.38. The standard InChI is InChI=1S/C7H12O2.C3H8O2.C2H6/c8-5-6-9-7-3-1-2-4-7;1-3(2,4)5;1-2/h1,3,7-8H,2,4-6H2;4-5H,1-2H3;1-2H3. The van der Waals surface area contributed by atoms with Gasteiger partial charge >= 0.3 is 0 Å². The van der Waals surface area contributed by atoms with Gasteiger partial charge in [0.05, 0.1) is 19.3 Å². The summed E-state index contributed by atoms with van der Waals surface area (Å²) >= 11 is 0. The zero-order chi connectivity index (χ0) is 13.0. The zero-order valence-electron chi connectivity index (χ0n) is 10.8. The van der Waals surface area contributed by atoms with Crippen LogP contribution in [0.1, 0.15) is 40.5 Å². The molecule has 0 spiro atoms. The van der Waals surface area contributed by atoms with Crippen LogP contribution in [-0.2, 0) is 4.74 Å². The van der Waals surface area contributed by atoms with E-state index in [1.165, 1.54) is 13.8 Å². The van der Waals surface area contributed by atoms with Gasteiger partial charge in [-0.3, -0.25) is 0 Å². The van der Waals surface area contributed by atoms with Gasteiger partial charge in [0.15, 0.2) is 5.79 Å². The van der Waals surface area contributed by atoms with Crippen molar-refractivity contribution in [2.45, 2.75) is 52.4 Å². The molecule has 4 nitrogen and oxygen atoms in total. The number of aliphatic hydroxyl groups is 3. The van der Waals surface area contributed by atoms with E-state index in [0.717, 1.165) is 12.8 Å². The number of hydrogen-bond acceptors (Lipinski definition) is 4. The van der Waals surface area contributed by atoms with Crippen LogP contribution < -0.4 is 0 Å². The Labute approximate surface area is 98.6 Å². The molecule has 1 atom stereocenters. The molecule has 0 aromatic heterocycles. The van der Waals surface area contributed by atoms with Crippen molar-refractivity contribution in [1.82, 2.24) is 0 Å². The quantitative estimate of drug-likeness (QED) is 0.510. The van der Waals surface area contributed by atoms with E-state index in [2.05, 4.69) is 12.2 Å². The first-order valence-corrected chi connectivity index (χ1v) is 5.77. The first kappa shape index (κ1) is 18.0. The minimum absolute atomic E-state index is 0.129. The molecule has 4 heteroatoms. The Hall–Kier alpha value is -0.420. The van der Waals surface area contributed by atoms with Crippen molar-refractivity contribution in [2.75, 3.05) is 13.2 Å². The van der Waals surface area contributed by atoms with Gasteiger partial charge in [-0.25, -0.2) is 0 Å². The highest BCUT2D eigenvalue weighted by atomic mass is 16.5. The van der Waals surface area contributed by atoms with Gasteiger partial charge < -0.3 is 20.1 Å². The molecule has 0 fully saturated rings. The van der Waals surface area contributed by atoms with E-state index in [9.17, 15) is 0 Å². The highest BCUT2D eigenvalue weighted by molar-refractivity contribution is 4.97. The Morgan fingerprint density at radius 1 is 1.31 bits per heavy atom. The van der Waals surface area contributed by atoms with Crippen molar-refractivity contribution in [2.24, 2.45) is 0 Å². The van der Waals surface area contributed by atoms with Crippen LogP contribution in [0.15, 0.2) is 12.2 Å². The Balaban J connectivity index is 0. The maximum Gasteiger partial charge on any atom is 0.156 e. The smallest absolute Gasteiger partial charge is 0.156 e. The second-order valence-corrected chi connectivity index (χ2v) is 3.63. The molecule has 1 unspecified atom stereocenters. The number of aliphatic hydroxyl groups excluding tert-OH is 1. The zero-order valence-corrected chi connectivity index (χ0v) is 10.8. The Morgan fingerprint density at radius 3 is 2.12 bits per heavy atom. The van der Waals surface area contributed by atoms with E-state index < -0.39 is 5.79 Å². The monoisotopic (exact) mass is 234 g/mol. The molecule has 0 bridgehead atoms. The van der Waals surface area contributed by atoms with Crippen LogP contribution >= 0.6 is 0 Å². The predicted octanol–water partition coefficient (Wildman–Crippen LogP) is 1.45. The molecule has 1 aliphatic rings. The summed E-state index contributed by atoms with van der Waals surface area (Å²) in [7, 11) is 0. The second kappa shape index (κ2) is 11.1. The molecule has 1 aliphatic carbocycles. The molecular formula is C12H26O4. The van der Waals surface area contributed by atoms with Crippen molar-refractivity contribution in [1.29, 1.82) is 0 Å². The normalized spacial score (nSPS) is 18.3. The van der Waals surface area contributed by atoms with E-state index in [-0.39, 0.29) is 12.7 Å². The molecule has 3 N–H and O–H groups in total. The Bertz CT molecular complexity index is 155. The van der Waals surface area contributed by atoms with Crippen molar-refractivity contribution in [3.8, 4) is 0 Å². The molecule has 0 amide bonds. The van der Waals surface area contributed by atoms with Crippen LogP contribution in [0.3, 0.4) is 0 Å². The topological polar surface area (TPSA) is 69.9 Å². The fourth-order valence-electron chi connectivity index (χ4n) is 0.948. The van der Waals surface area contributed by atoms with E-state index >= 15 is 0 Å². The Morgan fingerprint density at radius 2 is 1.81 bits per heavy atom. The summed E-state index contributed by atoms with van der Waals surface area (Å²) in [6.07, 6.45) is 6.64. The summed E-state index contributed by atoms with van der Waals surface area (Å²) < 4.78 is 5.22. The van der Waals surface area contributed by atoms with Crippen molar-refractivity contribution in [3.05, 3.63) is 12.2 Å². The molecular weight excluding hydrogens is 208 g/mol. The molecule has 16 heavy (non-hydrogen) atoms. The highest BCUT2D eigenvalue weighted by Crippen LogP contribution is 2.11. The predicted molar refractivity (Wildman–Crippen MR) is 65.1 cm³/mol. The third kappa shape index (κ3) is 19.2. The number of allylic oxidation sites excluding steroid dienone is 1. The molecule has 98 valence electrons. The van der Waals surface area contributed by atoms with Gasteiger partial charge in [0.2, 0.25) is 0 Å². The van der Waals surface area contributed by atoms with Crippen LogP contribution in [0.5, 0.6) is 0 Å². The number of rotatable bonds is 3. The average molecular weight is 234 g/mol. The minimum atomic E-state index is -1.50. The van der Waals surface area contributed by atoms with E-state index in [4.69, 9.17) is 20.1 Å². The molecule has 0 saturated heterocycles. The lowest BCUT2D eigenvalue weighted by Crippen LogP contribution is -2.15. The average Bonchev–Trinajstić information content (AvgIpc) is 2.68. The van der Waals surface area contributed by atoms with Crippen LogP contribution in [0.2, 0.25) is 0 Å². The summed E-state index contributed by atoms with van der Waals surface area (Å²) in [6.45, 7) is 7.19. The van der Waals surface area contributed by atoms with E-state index in [1.807, 2.05) is 13.8 Å². The van der Waals surface area contributed by atoms with E-state index in [0.29, 0.717) is 6.61 Å². The maximum absolute atomic E-state index is 8.38. The van der Waals surface area contributed by atoms with Gasteiger partial charge in [-0.15, -0.1) is 0 Å². The first-order valence-electron chi connectivity index (χ1n) is 5.77. The number of hydrogen-bond donors (Lipinski definition) is 3. The fraction of sp³-hybridized carbons (Fsp3) is 0.833. The molecule has 0 saturated carbocycles. The number of ether oxygens (including phenoxy) is 1. The molecule has 1 rings (SSSR count). The largest absolute Gasteiger partial charge is 0.394 e. The minimum Gasteiger partial charge on any atom is -0.394 e. The summed E-state index contributed by atoms with van der Waals surface area (Å²) in [5.41, 5.74) is 0. The third-order valence-corrected chi connectivity index (χ3v) is 1.39. The first-order chi connectivity index (χ1) is 7.43. The van der Waals surface area contributed by atoms with Gasteiger partial charge in [-0.2, -0.15) is 0 Å². The van der Waals surface area contributed by atoms with Crippen molar-refractivity contribution < 1.29 is 20.1 Å². The summed E-state index contributed by atoms with van der Waals surface area (Å²) in [5, 5.41) is 24.5. The fourth-order valence-corrected chi connectivity index (χ4v) is 0.948. The lowest BCUT2D eigenvalue weighted by molar-refractivity contribution is -0.127. The summed E-state index contributed by atoms with van der Waals surface area (Å²) in [5.74, 6) is -1.50. The van der Waals surface area contributed by atoms with E-state index in [1.54, 1.807) is 0 Å². The summed E-state index contributed by atoms with van der Waals surface area (Å²) in [6, 6.07) is 0. The SMILES string of the molecule is CC.CC(C)(O)O.OCCOC1C=CCC1. The van der Waals surface area contributed by atoms with Crippen LogP contribution in [0, 0.1) is 0 Å². The van der Waals surface area contributed by atoms with Gasteiger partial charge in [0.1, 0.15) is 0 Å². The van der Waals surface area contributed by atoms with Crippen LogP contribution in [0.4, 0.5) is 0 Å². The van der Waals surface area contributed by atoms with Crippen LogP contribution in [0.25, 0.3) is 0 Å². The highest BCUT2D eigenvalue weighted by Gasteiger charge is 2.07. The van der Waals surface area contributed by atoms with Crippen LogP contribution in [-0.4, -0.2) is 40.4 Å². The lowest BCUT2D eigenvalue weighted by atomic mass is 10.3. The molecule has 0 aromatic rings. The Kier molecular flexibility index (Phi) is 12.4. The van der Waals surface area contributed by atoms with Gasteiger partial charge in [-0.1, -0.05) is 26.0 Å². The van der Waals surface area contributed by atoms with Gasteiger partial charge in [-0.05, 0) is 26.7 Å².